The summed E-state index contributed by atoms with van der Waals surface area (Å²) in [6.07, 6.45) is 0.0290. The monoisotopic (exact) mass is 406 g/mol. The third-order valence-corrected chi connectivity index (χ3v) is 4.50. The Morgan fingerprint density at radius 1 is 1.11 bits per heavy atom. The average molecular weight is 407 g/mol. The summed E-state index contributed by atoms with van der Waals surface area (Å²) in [6, 6.07) is 13.5. The van der Waals surface area contributed by atoms with Crippen molar-refractivity contribution in [2.24, 2.45) is 5.92 Å². The Bertz CT molecular complexity index is 888. The summed E-state index contributed by atoms with van der Waals surface area (Å²) in [5.74, 6) is -1.89. The summed E-state index contributed by atoms with van der Waals surface area (Å²) in [6.45, 7) is -0.249. The van der Waals surface area contributed by atoms with Crippen molar-refractivity contribution < 1.29 is 19.1 Å². The van der Waals surface area contributed by atoms with Crippen LogP contribution in [0.3, 0.4) is 0 Å². The van der Waals surface area contributed by atoms with Crippen molar-refractivity contribution in [1.29, 1.82) is 0 Å². The third kappa shape index (κ3) is 4.99. The standard InChI is InChI=1S/C19H16Cl2N2O4/c20-13-3-1-5-15(8-13)22-17(24)11-27-19(26)12-7-18(25)23(10-12)16-6-2-4-14(21)9-16/h1-6,8-9,12H,7,10-11H2,(H,22,24)/t12-/m0/s1. The van der Waals surface area contributed by atoms with Gasteiger partial charge in [0.1, 0.15) is 0 Å². The van der Waals surface area contributed by atoms with Crippen molar-refractivity contribution in [2.45, 2.75) is 6.42 Å². The SMILES string of the molecule is O=C(COC(=O)[C@H]1CC(=O)N(c2cccc(Cl)c2)C1)Nc1cccc(Cl)c1. The zero-order chi connectivity index (χ0) is 19.4. The molecule has 1 saturated heterocycles. The number of rotatable bonds is 5. The molecule has 6 nitrogen and oxygen atoms in total. The number of ether oxygens (including phenoxy) is 1. The molecule has 2 aromatic rings. The van der Waals surface area contributed by atoms with E-state index in [1.165, 1.54) is 4.90 Å². The summed E-state index contributed by atoms with van der Waals surface area (Å²) in [7, 11) is 0. The minimum atomic E-state index is -0.629. The lowest BCUT2D eigenvalue weighted by Gasteiger charge is -2.16. The Kier molecular flexibility index (Phi) is 5.98. The van der Waals surface area contributed by atoms with Crippen LogP contribution >= 0.6 is 23.2 Å². The molecular formula is C19H16Cl2N2O4. The van der Waals surface area contributed by atoms with Crippen molar-refractivity contribution in [3.63, 3.8) is 0 Å². The van der Waals surface area contributed by atoms with E-state index >= 15 is 0 Å². The van der Waals surface area contributed by atoms with Crippen LogP contribution < -0.4 is 10.2 Å². The highest BCUT2D eigenvalue weighted by molar-refractivity contribution is 6.31. The maximum Gasteiger partial charge on any atom is 0.311 e. The molecule has 27 heavy (non-hydrogen) atoms. The molecule has 2 aromatic carbocycles. The van der Waals surface area contributed by atoms with Gasteiger partial charge >= 0.3 is 5.97 Å². The van der Waals surface area contributed by atoms with E-state index in [9.17, 15) is 14.4 Å². The van der Waals surface area contributed by atoms with Crippen LogP contribution in [0.25, 0.3) is 0 Å². The maximum atomic E-state index is 12.2. The first kappa shape index (κ1) is 19.2. The highest BCUT2D eigenvalue weighted by atomic mass is 35.5. The molecule has 0 aliphatic carbocycles. The molecule has 140 valence electrons. The second-order valence-electron chi connectivity index (χ2n) is 6.05. The number of benzene rings is 2. The molecule has 0 aromatic heterocycles. The van der Waals surface area contributed by atoms with E-state index in [0.717, 1.165) is 0 Å². The fourth-order valence-corrected chi connectivity index (χ4v) is 3.15. The van der Waals surface area contributed by atoms with Crippen LogP contribution in [-0.4, -0.2) is 30.9 Å². The lowest BCUT2D eigenvalue weighted by Crippen LogP contribution is -2.28. The quantitative estimate of drug-likeness (QED) is 0.770. The average Bonchev–Trinajstić information content (AvgIpc) is 3.01. The van der Waals surface area contributed by atoms with Gasteiger partial charge in [-0.2, -0.15) is 0 Å². The summed E-state index contributed by atoms with van der Waals surface area (Å²) in [5.41, 5.74) is 1.13. The Morgan fingerprint density at radius 3 is 2.52 bits per heavy atom. The van der Waals surface area contributed by atoms with Gasteiger partial charge in [0.25, 0.3) is 5.91 Å². The minimum absolute atomic E-state index is 0.0290. The van der Waals surface area contributed by atoms with Gasteiger partial charge in [-0.25, -0.2) is 0 Å². The lowest BCUT2D eigenvalue weighted by atomic mass is 10.1. The number of esters is 1. The number of anilines is 2. The first-order valence-corrected chi connectivity index (χ1v) is 8.96. The van der Waals surface area contributed by atoms with Crippen LogP contribution in [-0.2, 0) is 19.1 Å². The fourth-order valence-electron chi connectivity index (χ4n) is 2.78. The maximum absolute atomic E-state index is 12.2. The van der Waals surface area contributed by atoms with Crippen molar-refractivity contribution in [3.8, 4) is 0 Å². The zero-order valence-corrected chi connectivity index (χ0v) is 15.7. The van der Waals surface area contributed by atoms with Gasteiger partial charge < -0.3 is 15.0 Å². The molecular weight excluding hydrogens is 391 g/mol. The van der Waals surface area contributed by atoms with Crippen molar-refractivity contribution in [2.75, 3.05) is 23.4 Å². The third-order valence-electron chi connectivity index (χ3n) is 4.03. The fraction of sp³-hybridized carbons (Fsp3) is 0.211. The topological polar surface area (TPSA) is 75.7 Å². The zero-order valence-electron chi connectivity index (χ0n) is 14.2. The lowest BCUT2D eigenvalue weighted by molar-refractivity contribution is -0.151. The first-order chi connectivity index (χ1) is 12.9. The van der Waals surface area contributed by atoms with Gasteiger partial charge in [0.05, 0.1) is 5.92 Å². The second kappa shape index (κ2) is 8.41. The number of nitrogens with one attached hydrogen (secondary N) is 1. The van der Waals surface area contributed by atoms with Crippen LogP contribution in [0.5, 0.6) is 0 Å². The molecule has 1 N–H and O–H groups in total. The van der Waals surface area contributed by atoms with E-state index in [0.29, 0.717) is 21.4 Å². The van der Waals surface area contributed by atoms with Crippen molar-refractivity contribution in [3.05, 3.63) is 58.6 Å². The number of nitrogens with zero attached hydrogens (tertiary/aromatic N) is 1. The number of hydrogen-bond acceptors (Lipinski definition) is 4. The van der Waals surface area contributed by atoms with E-state index in [2.05, 4.69) is 5.32 Å². The van der Waals surface area contributed by atoms with Gasteiger partial charge in [0.2, 0.25) is 5.91 Å². The molecule has 0 bridgehead atoms. The minimum Gasteiger partial charge on any atom is -0.455 e. The first-order valence-electron chi connectivity index (χ1n) is 8.20. The molecule has 1 fully saturated rings. The number of carbonyl (C=O) groups is 3. The molecule has 2 amide bonds. The molecule has 1 aliphatic rings. The van der Waals surface area contributed by atoms with E-state index in [-0.39, 0.29) is 18.9 Å². The summed E-state index contributed by atoms with van der Waals surface area (Å²) < 4.78 is 5.06. The Balaban J connectivity index is 1.52. The van der Waals surface area contributed by atoms with Crippen LogP contribution in [0.2, 0.25) is 10.0 Å². The van der Waals surface area contributed by atoms with Crippen LogP contribution in [0, 0.1) is 5.92 Å². The molecule has 3 rings (SSSR count). The highest BCUT2D eigenvalue weighted by Crippen LogP contribution is 2.27. The Labute approximate surface area is 166 Å². The summed E-state index contributed by atoms with van der Waals surface area (Å²) in [5, 5.41) is 3.57. The van der Waals surface area contributed by atoms with E-state index in [4.69, 9.17) is 27.9 Å². The van der Waals surface area contributed by atoms with E-state index < -0.39 is 24.4 Å². The highest BCUT2D eigenvalue weighted by Gasteiger charge is 2.36. The van der Waals surface area contributed by atoms with Crippen LogP contribution in [0.15, 0.2) is 48.5 Å². The van der Waals surface area contributed by atoms with Crippen molar-refractivity contribution >= 4 is 52.4 Å². The number of halogens is 2. The molecule has 0 spiro atoms. The molecule has 0 radical (unpaired) electrons. The van der Waals surface area contributed by atoms with Crippen molar-refractivity contribution in [1.82, 2.24) is 0 Å². The summed E-state index contributed by atoms with van der Waals surface area (Å²) in [4.78, 5) is 37.8. The molecule has 8 heteroatoms. The number of hydrogen-bond donors (Lipinski definition) is 1. The Hall–Kier alpha value is -2.57. The summed E-state index contributed by atoms with van der Waals surface area (Å²) >= 11 is 11.8. The smallest absolute Gasteiger partial charge is 0.311 e. The molecule has 1 atom stereocenters. The van der Waals surface area contributed by atoms with Crippen LogP contribution in [0.4, 0.5) is 11.4 Å². The predicted octanol–water partition coefficient (Wildman–Crippen LogP) is 3.53. The molecule has 1 aliphatic heterocycles. The number of carbonyl (C=O) groups excluding carboxylic acids is 3. The van der Waals surface area contributed by atoms with Gasteiger partial charge in [0.15, 0.2) is 6.61 Å². The Morgan fingerprint density at radius 2 is 1.81 bits per heavy atom. The van der Waals surface area contributed by atoms with Gasteiger partial charge in [-0.15, -0.1) is 0 Å². The normalized spacial score (nSPS) is 16.3. The largest absolute Gasteiger partial charge is 0.455 e. The van der Waals surface area contributed by atoms with Gasteiger partial charge in [-0.1, -0.05) is 35.3 Å². The van der Waals surface area contributed by atoms with Crippen LogP contribution in [0.1, 0.15) is 6.42 Å². The van der Waals surface area contributed by atoms with Gasteiger partial charge in [-0.3, -0.25) is 14.4 Å². The van der Waals surface area contributed by atoms with Gasteiger partial charge in [0, 0.05) is 34.4 Å². The number of amides is 2. The van der Waals surface area contributed by atoms with E-state index in [1.807, 2.05) is 0 Å². The van der Waals surface area contributed by atoms with Gasteiger partial charge in [-0.05, 0) is 36.4 Å². The second-order valence-corrected chi connectivity index (χ2v) is 6.92. The molecule has 0 unspecified atom stereocenters. The molecule has 1 heterocycles. The van der Waals surface area contributed by atoms with E-state index in [1.54, 1.807) is 48.5 Å². The molecule has 0 saturated carbocycles. The predicted molar refractivity (Wildman–Crippen MR) is 103 cm³/mol.